The van der Waals surface area contributed by atoms with Crippen LogP contribution in [-0.4, -0.2) is 18.5 Å². The minimum absolute atomic E-state index is 0.128. The van der Waals surface area contributed by atoms with E-state index in [0.717, 1.165) is 17.3 Å². The molecule has 0 aliphatic rings. The van der Waals surface area contributed by atoms with Gasteiger partial charge in [-0.05, 0) is 42.8 Å². The summed E-state index contributed by atoms with van der Waals surface area (Å²) in [4.78, 5) is 24.5. The Morgan fingerprint density at radius 2 is 1.89 bits per heavy atom. The lowest BCUT2D eigenvalue weighted by molar-refractivity contribution is -0.112. The first-order chi connectivity index (χ1) is 13.5. The number of unbranched alkanes of at least 4 members (excludes halogenated alkanes) is 1. The summed E-state index contributed by atoms with van der Waals surface area (Å²) < 4.78 is 6.11. The summed E-state index contributed by atoms with van der Waals surface area (Å²) in [7, 11) is 0. The van der Waals surface area contributed by atoms with E-state index in [1.807, 2.05) is 13.0 Å². The van der Waals surface area contributed by atoms with Gasteiger partial charge in [-0.15, -0.1) is 0 Å². The molecule has 2 rings (SSSR count). The summed E-state index contributed by atoms with van der Waals surface area (Å²) in [6, 6.07) is 15.6. The molecule has 6 nitrogen and oxygen atoms in total. The van der Waals surface area contributed by atoms with E-state index in [2.05, 4.69) is 26.6 Å². The molecule has 2 aromatic carbocycles. The van der Waals surface area contributed by atoms with Gasteiger partial charge in [-0.25, -0.2) is 4.79 Å². The summed E-state index contributed by atoms with van der Waals surface area (Å²) in [5, 5.41) is 14.8. The Balaban J connectivity index is 2.10. The molecule has 0 fully saturated rings. The number of benzene rings is 2. The van der Waals surface area contributed by atoms with Crippen molar-refractivity contribution in [3.8, 4) is 6.07 Å². The second-order valence-corrected chi connectivity index (χ2v) is 6.73. The van der Waals surface area contributed by atoms with Gasteiger partial charge < -0.3 is 15.4 Å². The largest absolute Gasteiger partial charge is 0.462 e. The van der Waals surface area contributed by atoms with Crippen molar-refractivity contribution in [3.05, 3.63) is 70.3 Å². The maximum atomic E-state index is 12.3. The van der Waals surface area contributed by atoms with Gasteiger partial charge in [0, 0.05) is 16.4 Å². The van der Waals surface area contributed by atoms with Gasteiger partial charge in [0.1, 0.15) is 11.6 Å². The minimum atomic E-state index is -0.555. The zero-order valence-corrected chi connectivity index (χ0v) is 17.0. The highest BCUT2D eigenvalue weighted by atomic mass is 79.9. The molecule has 0 bridgehead atoms. The number of anilines is 2. The lowest BCUT2D eigenvalue weighted by atomic mass is 10.1. The second-order valence-electron chi connectivity index (χ2n) is 5.81. The van der Waals surface area contributed by atoms with Crippen molar-refractivity contribution >= 4 is 39.2 Å². The van der Waals surface area contributed by atoms with E-state index in [1.165, 1.54) is 6.20 Å². The summed E-state index contributed by atoms with van der Waals surface area (Å²) >= 11 is 3.32. The Morgan fingerprint density at radius 3 is 2.57 bits per heavy atom. The quantitative estimate of drug-likeness (QED) is 0.264. The highest BCUT2D eigenvalue weighted by Crippen LogP contribution is 2.18. The van der Waals surface area contributed by atoms with E-state index < -0.39 is 11.9 Å². The molecule has 0 spiro atoms. The van der Waals surface area contributed by atoms with Crippen molar-refractivity contribution in [1.29, 1.82) is 5.26 Å². The molecule has 0 atom stereocenters. The normalized spacial score (nSPS) is 10.7. The SMILES string of the molecule is CCCCOC(=O)c1ccccc1N/C=C(/C#N)C(=O)Nc1ccc(Br)cc1. The van der Waals surface area contributed by atoms with Gasteiger partial charge in [-0.1, -0.05) is 41.4 Å². The van der Waals surface area contributed by atoms with Crippen LogP contribution in [0.3, 0.4) is 0 Å². The van der Waals surface area contributed by atoms with Gasteiger partial charge in [0.2, 0.25) is 0 Å². The molecular formula is C21H20BrN3O3. The Bertz CT molecular complexity index is 902. The number of ether oxygens (including phenoxy) is 1. The Hall–Kier alpha value is -3.11. The summed E-state index contributed by atoms with van der Waals surface area (Å²) in [6.45, 7) is 2.36. The van der Waals surface area contributed by atoms with Crippen LogP contribution in [0.4, 0.5) is 11.4 Å². The molecule has 2 N–H and O–H groups in total. The first kappa shape index (κ1) is 21.2. The van der Waals surface area contributed by atoms with E-state index in [-0.39, 0.29) is 5.57 Å². The highest BCUT2D eigenvalue weighted by molar-refractivity contribution is 9.10. The van der Waals surface area contributed by atoms with Gasteiger partial charge in [0.25, 0.3) is 5.91 Å². The lowest BCUT2D eigenvalue weighted by Crippen LogP contribution is -2.15. The molecule has 0 unspecified atom stereocenters. The number of hydrogen-bond donors (Lipinski definition) is 2. The summed E-state index contributed by atoms with van der Waals surface area (Å²) in [5.74, 6) is -1.01. The highest BCUT2D eigenvalue weighted by Gasteiger charge is 2.13. The van der Waals surface area contributed by atoms with Crippen molar-refractivity contribution in [3.63, 3.8) is 0 Å². The van der Waals surface area contributed by atoms with Crippen molar-refractivity contribution in [2.45, 2.75) is 19.8 Å². The number of para-hydroxylation sites is 1. The number of carbonyl (C=O) groups is 2. The van der Waals surface area contributed by atoms with Crippen LogP contribution in [0.5, 0.6) is 0 Å². The van der Waals surface area contributed by atoms with Crippen LogP contribution in [0.15, 0.2) is 64.8 Å². The number of nitrogens with one attached hydrogen (secondary N) is 2. The van der Waals surface area contributed by atoms with Crippen molar-refractivity contribution in [2.75, 3.05) is 17.2 Å². The smallest absolute Gasteiger partial charge is 0.340 e. The van der Waals surface area contributed by atoms with Crippen LogP contribution in [0.2, 0.25) is 0 Å². The number of carbonyl (C=O) groups excluding carboxylic acids is 2. The van der Waals surface area contributed by atoms with Crippen molar-refractivity contribution in [1.82, 2.24) is 0 Å². The molecule has 0 heterocycles. The molecule has 0 aliphatic carbocycles. The van der Waals surface area contributed by atoms with Crippen molar-refractivity contribution < 1.29 is 14.3 Å². The van der Waals surface area contributed by atoms with E-state index in [9.17, 15) is 14.9 Å². The average molecular weight is 442 g/mol. The summed E-state index contributed by atoms with van der Waals surface area (Å²) in [6.07, 6.45) is 2.98. The zero-order chi connectivity index (χ0) is 20.4. The monoisotopic (exact) mass is 441 g/mol. The van der Waals surface area contributed by atoms with Crippen LogP contribution in [0.1, 0.15) is 30.1 Å². The van der Waals surface area contributed by atoms with Gasteiger partial charge in [-0.3, -0.25) is 4.79 Å². The molecule has 0 aromatic heterocycles. The fraction of sp³-hybridized carbons (Fsp3) is 0.190. The lowest BCUT2D eigenvalue weighted by Gasteiger charge is -2.10. The van der Waals surface area contributed by atoms with E-state index >= 15 is 0 Å². The number of rotatable bonds is 8. The predicted molar refractivity (Wildman–Crippen MR) is 112 cm³/mol. The number of halogens is 1. The number of nitrogens with zero attached hydrogens (tertiary/aromatic N) is 1. The fourth-order valence-corrected chi connectivity index (χ4v) is 2.47. The Labute approximate surface area is 172 Å². The first-order valence-electron chi connectivity index (χ1n) is 8.75. The van der Waals surface area contributed by atoms with Gasteiger partial charge in [-0.2, -0.15) is 5.26 Å². The molecule has 0 aliphatic heterocycles. The van der Waals surface area contributed by atoms with Crippen LogP contribution in [0.25, 0.3) is 0 Å². The minimum Gasteiger partial charge on any atom is -0.462 e. The molecule has 144 valence electrons. The number of hydrogen-bond acceptors (Lipinski definition) is 5. The molecule has 28 heavy (non-hydrogen) atoms. The van der Waals surface area contributed by atoms with Crippen LogP contribution < -0.4 is 10.6 Å². The van der Waals surface area contributed by atoms with Crippen LogP contribution in [0, 0.1) is 11.3 Å². The maximum Gasteiger partial charge on any atom is 0.340 e. The predicted octanol–water partition coefficient (Wildman–Crippen LogP) is 4.86. The third-order valence-electron chi connectivity index (χ3n) is 3.72. The molecule has 1 amide bonds. The number of nitriles is 1. The molecule has 0 saturated heterocycles. The summed E-state index contributed by atoms with van der Waals surface area (Å²) in [5.41, 5.74) is 1.22. The van der Waals surface area contributed by atoms with Gasteiger partial charge in [0.05, 0.1) is 17.9 Å². The Morgan fingerprint density at radius 1 is 1.18 bits per heavy atom. The van der Waals surface area contributed by atoms with Crippen molar-refractivity contribution in [2.24, 2.45) is 0 Å². The Kier molecular flexibility index (Phi) is 8.25. The van der Waals surface area contributed by atoms with Crippen LogP contribution in [-0.2, 0) is 9.53 Å². The van der Waals surface area contributed by atoms with E-state index in [4.69, 9.17) is 4.74 Å². The second kappa shape index (κ2) is 10.9. The molecule has 0 radical (unpaired) electrons. The first-order valence-corrected chi connectivity index (χ1v) is 9.54. The average Bonchev–Trinajstić information content (AvgIpc) is 2.70. The topological polar surface area (TPSA) is 91.2 Å². The number of amides is 1. The molecule has 2 aromatic rings. The molecular weight excluding hydrogens is 422 g/mol. The maximum absolute atomic E-state index is 12.3. The fourth-order valence-electron chi connectivity index (χ4n) is 2.20. The standard InChI is InChI=1S/C21H20BrN3O3/c1-2-3-12-28-21(27)18-6-4-5-7-19(18)24-14-15(13-23)20(26)25-17-10-8-16(22)9-11-17/h4-11,14,24H,2-3,12H2,1H3,(H,25,26)/b15-14-. The van der Waals surface area contributed by atoms with Crippen LogP contribution >= 0.6 is 15.9 Å². The van der Waals surface area contributed by atoms with E-state index in [1.54, 1.807) is 48.5 Å². The zero-order valence-electron chi connectivity index (χ0n) is 15.4. The van der Waals surface area contributed by atoms with Gasteiger partial charge >= 0.3 is 5.97 Å². The molecule has 0 saturated carbocycles. The number of esters is 1. The van der Waals surface area contributed by atoms with Gasteiger partial charge in [0.15, 0.2) is 0 Å². The molecule has 7 heteroatoms. The van der Waals surface area contributed by atoms with E-state index in [0.29, 0.717) is 23.5 Å². The third-order valence-corrected chi connectivity index (χ3v) is 4.25. The third kappa shape index (κ3) is 6.25.